The van der Waals surface area contributed by atoms with Crippen molar-refractivity contribution in [3.05, 3.63) is 0 Å². The van der Waals surface area contributed by atoms with E-state index in [1.165, 1.54) is 0 Å². The third-order valence-corrected chi connectivity index (χ3v) is 0. The Morgan fingerprint density at radius 1 is 0.500 bits per heavy atom. The summed E-state index contributed by atoms with van der Waals surface area (Å²) in [6.07, 6.45) is 0. The topological polar surface area (TPSA) is 0 Å². The van der Waals surface area contributed by atoms with Gasteiger partial charge in [0, 0.05) is 0 Å². The zero-order chi connectivity index (χ0) is 0. The molecule has 0 aromatic carbocycles. The first-order valence-corrected chi connectivity index (χ1v) is 0. The summed E-state index contributed by atoms with van der Waals surface area (Å²) in [5, 5.41) is 0. The molecule has 24 valence electrons. The van der Waals surface area contributed by atoms with Crippen molar-refractivity contribution in [3.63, 3.8) is 0 Å². The fraction of sp³-hybridized carbons (Fsp3) is 0. The maximum absolute atomic E-state index is 0. The van der Waals surface area contributed by atoms with Crippen LogP contribution in [-0.4, -0.2) is 51.2 Å². The first-order chi connectivity index (χ1) is 0. The first kappa shape index (κ1) is 36.1. The molecule has 0 aliphatic rings. The van der Waals surface area contributed by atoms with Crippen molar-refractivity contribution in [2.24, 2.45) is 0 Å². The van der Waals surface area contributed by atoms with Gasteiger partial charge in [-0.1, -0.05) is 0 Å². The Morgan fingerprint density at radius 2 is 0.500 bits per heavy atom. The third kappa shape index (κ3) is 8.94. The predicted octanol–water partition coefficient (Wildman–Crippen LogP) is -1.14. The third-order valence-electron chi connectivity index (χ3n) is 0. The molecule has 0 nitrogen and oxygen atoms in total. The van der Waals surface area contributed by atoms with Gasteiger partial charge in [0.1, 0.15) is 0 Å². The Balaban J connectivity index is 0. The van der Waals surface area contributed by atoms with Crippen LogP contribution in [0.3, 0.4) is 0 Å². The molecule has 0 radical (unpaired) electrons. The van der Waals surface area contributed by atoms with E-state index in [0.717, 1.165) is 0 Å². The Labute approximate surface area is 68.0 Å². The van der Waals surface area contributed by atoms with Crippen LogP contribution >= 0.6 is 0 Å². The van der Waals surface area contributed by atoms with Crippen LogP contribution in [0, 0.1) is 0 Å². The second-order valence-electron chi connectivity index (χ2n) is 0. The van der Waals surface area contributed by atoms with Crippen molar-refractivity contribution < 1.29 is 17.4 Å². The quantitative estimate of drug-likeness (QED) is 0.494. The molecule has 0 N–H and O–H groups in total. The van der Waals surface area contributed by atoms with Crippen LogP contribution in [0.2, 0.25) is 0 Å². The minimum Gasteiger partial charge on any atom is -2.00 e. The molecule has 0 atom stereocenters. The predicted molar refractivity (Wildman–Crippen MR) is 17.3 cm³/mol. The summed E-state index contributed by atoms with van der Waals surface area (Å²) >= 11 is 0. The number of rotatable bonds is 0. The van der Waals surface area contributed by atoms with Crippen LogP contribution in [0.4, 0.5) is 0 Å². The zero-order valence-electron chi connectivity index (χ0n) is 1.63. The van der Waals surface area contributed by atoms with Crippen molar-refractivity contribution in [1.82, 2.24) is 0 Å². The number of hydrogen-bond acceptors (Lipinski definition) is 0. The molecular formula is CrSe3. The Bertz CT molecular complexity index is 3.25. The van der Waals surface area contributed by atoms with Gasteiger partial charge in [-0.15, -0.1) is 0 Å². The molecule has 0 saturated heterocycles. The van der Waals surface area contributed by atoms with Gasteiger partial charge in [-0.3, -0.25) is 0 Å². The SMILES string of the molecule is [Cr+6].[Se-2].[Se-2].[Se-2]. The molecule has 4 heteroatoms. The van der Waals surface area contributed by atoms with Crippen molar-refractivity contribution >= 4 is 51.2 Å². The molecule has 0 aliphatic heterocycles. The molecule has 0 fully saturated rings. The summed E-state index contributed by atoms with van der Waals surface area (Å²) in [5.41, 5.74) is 0. The monoisotopic (exact) mass is 292 g/mol. The van der Waals surface area contributed by atoms with Crippen molar-refractivity contribution in [1.29, 1.82) is 0 Å². The molecule has 0 saturated carbocycles. The first-order valence-electron chi connectivity index (χ1n) is 0. The second kappa shape index (κ2) is 19.5. The van der Waals surface area contributed by atoms with Crippen molar-refractivity contribution in [2.75, 3.05) is 0 Å². The van der Waals surface area contributed by atoms with Crippen LogP contribution < -0.4 is 0 Å². The Kier molecular flexibility index (Phi) is 176. The molecule has 0 aliphatic carbocycles. The molecule has 0 aromatic rings. The minimum atomic E-state index is 0. The summed E-state index contributed by atoms with van der Waals surface area (Å²) in [4.78, 5) is 0. The molecule has 0 amide bonds. The average molecular weight is 289 g/mol. The van der Waals surface area contributed by atoms with Crippen LogP contribution in [0.25, 0.3) is 0 Å². The van der Waals surface area contributed by atoms with E-state index in [0.29, 0.717) is 0 Å². The molecule has 0 heterocycles. The van der Waals surface area contributed by atoms with Crippen LogP contribution in [0.5, 0.6) is 0 Å². The van der Waals surface area contributed by atoms with Gasteiger partial charge in [0.2, 0.25) is 0 Å². The largest absolute Gasteiger partial charge is 6.00 e. The summed E-state index contributed by atoms with van der Waals surface area (Å²) < 4.78 is 0. The van der Waals surface area contributed by atoms with Crippen molar-refractivity contribution in [3.8, 4) is 0 Å². The summed E-state index contributed by atoms with van der Waals surface area (Å²) in [5.74, 6) is 0. The van der Waals surface area contributed by atoms with E-state index in [-0.39, 0.29) is 68.6 Å². The van der Waals surface area contributed by atoms with Gasteiger partial charge in [0.15, 0.2) is 0 Å². The van der Waals surface area contributed by atoms with Gasteiger partial charge >= 0.3 is 17.4 Å². The average Bonchev–Trinajstić information content (AvgIpc) is 0. The zero-order valence-corrected chi connectivity index (χ0v) is 8.05. The normalized spacial score (nSPS) is 0. The Hall–Kier alpha value is 2.09. The second-order valence-corrected chi connectivity index (χ2v) is 0. The minimum absolute atomic E-state index is 0. The maximum atomic E-state index is 0. The van der Waals surface area contributed by atoms with Gasteiger partial charge in [-0.25, -0.2) is 0 Å². The summed E-state index contributed by atoms with van der Waals surface area (Å²) in [6.45, 7) is 0. The van der Waals surface area contributed by atoms with Crippen molar-refractivity contribution in [2.45, 2.75) is 0 Å². The fourth-order valence-corrected chi connectivity index (χ4v) is 0. The van der Waals surface area contributed by atoms with Gasteiger partial charge in [0.05, 0.1) is 0 Å². The Morgan fingerprint density at radius 3 is 0.500 bits per heavy atom. The van der Waals surface area contributed by atoms with Gasteiger partial charge in [-0.2, -0.15) is 0 Å². The van der Waals surface area contributed by atoms with E-state index in [1.54, 1.807) is 0 Å². The molecule has 4 heavy (non-hydrogen) atoms. The molecule has 0 unspecified atom stereocenters. The smallest absolute Gasteiger partial charge is 2.00 e. The van der Waals surface area contributed by atoms with E-state index in [4.69, 9.17) is 0 Å². The molecule has 0 aromatic heterocycles. The van der Waals surface area contributed by atoms with Crippen LogP contribution in [0.15, 0.2) is 0 Å². The molecule has 0 spiro atoms. The van der Waals surface area contributed by atoms with E-state index in [1.807, 2.05) is 0 Å². The van der Waals surface area contributed by atoms with E-state index >= 15 is 0 Å². The van der Waals surface area contributed by atoms with E-state index < -0.39 is 0 Å². The molecule has 0 bridgehead atoms. The van der Waals surface area contributed by atoms with Gasteiger partial charge < -0.3 is 51.2 Å². The number of hydrogen-bond donors (Lipinski definition) is 0. The summed E-state index contributed by atoms with van der Waals surface area (Å²) in [6, 6.07) is 0. The maximum Gasteiger partial charge on any atom is 6.00 e. The van der Waals surface area contributed by atoms with Gasteiger partial charge in [-0.05, 0) is 0 Å². The molecule has 0 rings (SSSR count). The summed E-state index contributed by atoms with van der Waals surface area (Å²) in [7, 11) is 0. The van der Waals surface area contributed by atoms with Crippen LogP contribution in [0.1, 0.15) is 0 Å². The standard InChI is InChI=1S/Cr.3Se/q+6;3*-2. The molecular weight excluding hydrogens is 289 g/mol. The fourth-order valence-electron chi connectivity index (χ4n) is 0. The van der Waals surface area contributed by atoms with Crippen LogP contribution in [-0.2, 0) is 17.4 Å². The van der Waals surface area contributed by atoms with Gasteiger partial charge in [0.25, 0.3) is 0 Å². The van der Waals surface area contributed by atoms with E-state index in [2.05, 4.69) is 0 Å². The van der Waals surface area contributed by atoms with E-state index in [9.17, 15) is 0 Å².